The third kappa shape index (κ3) is 3.46. The predicted octanol–water partition coefficient (Wildman–Crippen LogP) is 3.22. The number of hydrogen-bond donors (Lipinski definition) is 1. The Kier molecular flexibility index (Phi) is 5.03. The summed E-state index contributed by atoms with van der Waals surface area (Å²) in [6.07, 6.45) is 4.06. The summed E-state index contributed by atoms with van der Waals surface area (Å²) < 4.78 is 0. The van der Waals surface area contributed by atoms with Gasteiger partial charge in [0.2, 0.25) is 5.91 Å². The first-order valence-corrected chi connectivity index (χ1v) is 9.92. The van der Waals surface area contributed by atoms with Gasteiger partial charge in [-0.3, -0.25) is 14.5 Å². The number of rotatable bonds is 5. The van der Waals surface area contributed by atoms with Gasteiger partial charge in [0, 0.05) is 6.04 Å². The van der Waals surface area contributed by atoms with Crippen molar-refractivity contribution in [1.82, 2.24) is 15.1 Å². The fourth-order valence-electron chi connectivity index (χ4n) is 4.35. The maximum absolute atomic E-state index is 12.6. The predicted molar refractivity (Wildman–Crippen MR) is 107 cm³/mol. The summed E-state index contributed by atoms with van der Waals surface area (Å²) >= 11 is 0. The minimum absolute atomic E-state index is 0.0929. The van der Waals surface area contributed by atoms with Crippen LogP contribution in [0.15, 0.2) is 42.5 Å². The van der Waals surface area contributed by atoms with Crippen LogP contribution in [-0.4, -0.2) is 46.8 Å². The number of carbonyl (C=O) groups excluding carboxylic acids is 3. The molecule has 2 aromatic carbocycles. The number of benzene rings is 2. The number of carbonyl (C=O) groups is 3. The molecule has 6 heteroatoms. The SMILES string of the molecule is CC(NC(=O)CN1C(=O)CN(C2CCCC2)C1=O)c1cccc2ccccc12. The van der Waals surface area contributed by atoms with E-state index in [2.05, 4.69) is 5.32 Å². The number of fused-ring (bicyclic) bond motifs is 1. The lowest BCUT2D eigenvalue weighted by Gasteiger charge is -2.23. The van der Waals surface area contributed by atoms with E-state index in [-0.39, 0.29) is 43.0 Å². The number of nitrogens with one attached hydrogen (secondary N) is 1. The molecule has 28 heavy (non-hydrogen) atoms. The van der Waals surface area contributed by atoms with Gasteiger partial charge in [0.15, 0.2) is 0 Å². The van der Waals surface area contributed by atoms with Gasteiger partial charge < -0.3 is 10.2 Å². The summed E-state index contributed by atoms with van der Waals surface area (Å²) in [5.74, 6) is -0.611. The van der Waals surface area contributed by atoms with Crippen molar-refractivity contribution in [1.29, 1.82) is 0 Å². The Labute approximate surface area is 164 Å². The zero-order valence-electron chi connectivity index (χ0n) is 16.1. The summed E-state index contributed by atoms with van der Waals surface area (Å²) in [7, 11) is 0. The quantitative estimate of drug-likeness (QED) is 0.811. The lowest BCUT2D eigenvalue weighted by molar-refractivity contribution is -0.131. The van der Waals surface area contributed by atoms with Crippen molar-refractivity contribution in [3.8, 4) is 0 Å². The molecule has 1 heterocycles. The number of nitrogens with zero attached hydrogens (tertiary/aromatic N) is 2. The van der Waals surface area contributed by atoms with Crippen LogP contribution < -0.4 is 5.32 Å². The zero-order valence-corrected chi connectivity index (χ0v) is 16.1. The van der Waals surface area contributed by atoms with Crippen LogP contribution in [0.2, 0.25) is 0 Å². The molecular formula is C22H25N3O3. The van der Waals surface area contributed by atoms with Gasteiger partial charge in [-0.2, -0.15) is 0 Å². The van der Waals surface area contributed by atoms with Crippen molar-refractivity contribution < 1.29 is 14.4 Å². The first kappa shape index (κ1) is 18.5. The van der Waals surface area contributed by atoms with Gasteiger partial charge in [-0.05, 0) is 36.1 Å². The van der Waals surface area contributed by atoms with E-state index < -0.39 is 0 Å². The van der Waals surface area contributed by atoms with Gasteiger partial charge in [-0.25, -0.2) is 4.79 Å². The van der Waals surface area contributed by atoms with Crippen LogP contribution in [-0.2, 0) is 9.59 Å². The average molecular weight is 379 g/mol. The largest absolute Gasteiger partial charge is 0.348 e. The van der Waals surface area contributed by atoms with Crippen LogP contribution in [0.4, 0.5) is 4.79 Å². The van der Waals surface area contributed by atoms with Crippen molar-refractivity contribution in [2.45, 2.75) is 44.7 Å². The Morgan fingerprint density at radius 2 is 1.82 bits per heavy atom. The topological polar surface area (TPSA) is 69.7 Å². The van der Waals surface area contributed by atoms with E-state index in [1.807, 2.05) is 49.4 Å². The molecule has 6 nitrogen and oxygen atoms in total. The summed E-state index contributed by atoms with van der Waals surface area (Å²) in [5.41, 5.74) is 1.01. The Morgan fingerprint density at radius 3 is 2.61 bits per heavy atom. The highest BCUT2D eigenvalue weighted by atomic mass is 16.2. The lowest BCUT2D eigenvalue weighted by atomic mass is 10.00. The van der Waals surface area contributed by atoms with Crippen LogP contribution in [0.1, 0.15) is 44.2 Å². The summed E-state index contributed by atoms with van der Waals surface area (Å²) in [5, 5.41) is 5.13. The monoisotopic (exact) mass is 379 g/mol. The van der Waals surface area contributed by atoms with Crippen molar-refractivity contribution in [3.63, 3.8) is 0 Å². The maximum atomic E-state index is 12.6. The summed E-state index contributed by atoms with van der Waals surface area (Å²) in [6.45, 7) is 1.78. The molecule has 2 aliphatic rings. The second-order valence-corrected chi connectivity index (χ2v) is 7.69. The zero-order chi connectivity index (χ0) is 19.7. The highest BCUT2D eigenvalue weighted by Gasteiger charge is 2.41. The van der Waals surface area contributed by atoms with E-state index in [0.717, 1.165) is 46.9 Å². The van der Waals surface area contributed by atoms with Gasteiger partial charge in [0.25, 0.3) is 5.91 Å². The van der Waals surface area contributed by atoms with E-state index in [9.17, 15) is 14.4 Å². The molecule has 1 N–H and O–H groups in total. The number of imide groups is 1. The molecular weight excluding hydrogens is 354 g/mol. The van der Waals surface area contributed by atoms with E-state index in [1.165, 1.54) is 0 Å². The molecule has 1 saturated carbocycles. The third-order valence-corrected chi connectivity index (χ3v) is 5.82. The summed E-state index contributed by atoms with van der Waals surface area (Å²) in [4.78, 5) is 40.2. The first-order valence-electron chi connectivity index (χ1n) is 9.92. The number of amides is 4. The molecule has 4 amide bonds. The smallest absolute Gasteiger partial charge is 0.327 e. The van der Waals surface area contributed by atoms with E-state index in [0.29, 0.717) is 0 Å². The number of hydrogen-bond acceptors (Lipinski definition) is 3. The second kappa shape index (κ2) is 7.62. The molecule has 0 spiro atoms. The minimum atomic E-state index is -0.329. The molecule has 1 saturated heterocycles. The maximum Gasteiger partial charge on any atom is 0.327 e. The molecule has 1 unspecified atom stereocenters. The highest BCUT2D eigenvalue weighted by molar-refractivity contribution is 6.04. The molecule has 0 bridgehead atoms. The molecule has 2 aromatic rings. The van der Waals surface area contributed by atoms with Gasteiger partial charge in [0.1, 0.15) is 13.1 Å². The highest BCUT2D eigenvalue weighted by Crippen LogP contribution is 2.27. The first-order chi connectivity index (χ1) is 13.5. The molecule has 146 valence electrons. The van der Waals surface area contributed by atoms with Crippen LogP contribution in [0, 0.1) is 0 Å². The Morgan fingerprint density at radius 1 is 1.11 bits per heavy atom. The molecule has 4 rings (SSSR count). The molecule has 0 radical (unpaired) electrons. The van der Waals surface area contributed by atoms with Crippen LogP contribution in [0.25, 0.3) is 10.8 Å². The number of urea groups is 1. The van der Waals surface area contributed by atoms with Crippen LogP contribution in [0.5, 0.6) is 0 Å². The fourth-order valence-corrected chi connectivity index (χ4v) is 4.35. The molecule has 0 aromatic heterocycles. The minimum Gasteiger partial charge on any atom is -0.348 e. The van der Waals surface area contributed by atoms with Crippen LogP contribution in [0.3, 0.4) is 0 Å². The van der Waals surface area contributed by atoms with Gasteiger partial charge >= 0.3 is 6.03 Å². The molecule has 1 atom stereocenters. The van der Waals surface area contributed by atoms with Gasteiger partial charge in [0.05, 0.1) is 6.04 Å². The average Bonchev–Trinajstić information content (AvgIpc) is 3.31. The van der Waals surface area contributed by atoms with Crippen molar-refractivity contribution in [3.05, 3.63) is 48.0 Å². The van der Waals surface area contributed by atoms with Crippen molar-refractivity contribution in [2.24, 2.45) is 0 Å². The van der Waals surface area contributed by atoms with Crippen molar-refractivity contribution in [2.75, 3.05) is 13.1 Å². The van der Waals surface area contributed by atoms with Gasteiger partial charge in [-0.15, -0.1) is 0 Å². The molecule has 2 fully saturated rings. The van der Waals surface area contributed by atoms with E-state index in [1.54, 1.807) is 4.90 Å². The standard InChI is InChI=1S/C22H25N3O3/c1-15(18-12-6-8-16-7-2-5-11-19(16)18)23-20(26)13-25-21(27)14-24(22(25)28)17-9-3-4-10-17/h2,5-8,11-12,15,17H,3-4,9-10,13-14H2,1H3,(H,23,26). The Balaban J connectivity index is 1.42. The van der Waals surface area contributed by atoms with E-state index >= 15 is 0 Å². The second-order valence-electron chi connectivity index (χ2n) is 7.69. The summed E-state index contributed by atoms with van der Waals surface area (Å²) in [6, 6.07) is 13.6. The van der Waals surface area contributed by atoms with Crippen molar-refractivity contribution >= 4 is 28.6 Å². The fraction of sp³-hybridized carbons (Fsp3) is 0.409. The molecule has 1 aliphatic carbocycles. The van der Waals surface area contributed by atoms with E-state index in [4.69, 9.17) is 0 Å². The Hall–Kier alpha value is -2.89. The Bertz CT molecular complexity index is 915. The normalized spacial score (nSPS) is 18.9. The molecule has 1 aliphatic heterocycles. The van der Waals surface area contributed by atoms with Crippen LogP contribution >= 0.6 is 0 Å². The van der Waals surface area contributed by atoms with Gasteiger partial charge in [-0.1, -0.05) is 55.3 Å². The third-order valence-electron chi connectivity index (χ3n) is 5.82. The lowest BCUT2D eigenvalue weighted by Crippen LogP contribution is -2.43.